The summed E-state index contributed by atoms with van der Waals surface area (Å²) in [5.41, 5.74) is 1.17. The number of carbonyl (C=O) groups is 1. The molecule has 1 aromatic heterocycles. The van der Waals surface area contributed by atoms with E-state index >= 15 is 0 Å². The van der Waals surface area contributed by atoms with Gasteiger partial charge in [0, 0.05) is 38.4 Å². The Balaban J connectivity index is 1.41. The van der Waals surface area contributed by atoms with Gasteiger partial charge in [-0.2, -0.15) is 0 Å². The molecule has 1 amide bonds. The summed E-state index contributed by atoms with van der Waals surface area (Å²) in [4.78, 5) is 16.8. The van der Waals surface area contributed by atoms with Gasteiger partial charge in [-0.3, -0.25) is 4.79 Å². The molecule has 0 aliphatic carbocycles. The van der Waals surface area contributed by atoms with Crippen LogP contribution in [0.2, 0.25) is 0 Å². The highest BCUT2D eigenvalue weighted by Gasteiger charge is 2.21. The zero-order valence-electron chi connectivity index (χ0n) is 16.4. The molecule has 1 fully saturated rings. The fourth-order valence-corrected chi connectivity index (χ4v) is 4.61. The number of thioether (sulfide) groups is 1. The molecular formula is C19H27N5O2S2. The normalized spacial score (nSPS) is 14.2. The fourth-order valence-electron chi connectivity index (χ4n) is 2.93. The number of nitrogens with zero attached hydrogens (tertiary/aromatic N) is 4. The van der Waals surface area contributed by atoms with Crippen LogP contribution in [0, 0.1) is 0 Å². The van der Waals surface area contributed by atoms with E-state index in [2.05, 4.69) is 39.5 Å². The van der Waals surface area contributed by atoms with E-state index in [1.54, 1.807) is 7.11 Å². The van der Waals surface area contributed by atoms with Crippen molar-refractivity contribution >= 4 is 39.8 Å². The molecule has 152 valence electrons. The molecule has 7 nitrogen and oxygen atoms in total. The number of methoxy groups -OCH3 is 1. The maximum absolute atomic E-state index is 12.5. The van der Waals surface area contributed by atoms with Crippen LogP contribution in [0.3, 0.4) is 0 Å². The number of ether oxygens (including phenoxy) is 1. The van der Waals surface area contributed by atoms with Gasteiger partial charge >= 0.3 is 0 Å². The number of anilines is 2. The van der Waals surface area contributed by atoms with Gasteiger partial charge in [0.15, 0.2) is 4.34 Å². The molecule has 9 heteroatoms. The Labute approximate surface area is 174 Å². The quantitative estimate of drug-likeness (QED) is 0.492. The third kappa shape index (κ3) is 5.75. The Kier molecular flexibility index (Phi) is 7.79. The molecule has 1 aromatic carbocycles. The first-order chi connectivity index (χ1) is 13.7. The number of hydrogen-bond acceptors (Lipinski definition) is 8. The van der Waals surface area contributed by atoms with Gasteiger partial charge in [0.1, 0.15) is 5.75 Å². The van der Waals surface area contributed by atoms with Crippen molar-refractivity contribution in [2.45, 2.75) is 24.1 Å². The summed E-state index contributed by atoms with van der Waals surface area (Å²) < 4.78 is 6.05. The lowest BCUT2D eigenvalue weighted by Gasteiger charge is -2.36. The van der Waals surface area contributed by atoms with Crippen molar-refractivity contribution in [1.82, 2.24) is 15.1 Å². The van der Waals surface area contributed by atoms with Gasteiger partial charge in [-0.1, -0.05) is 36.4 Å². The average molecular weight is 422 g/mol. The molecule has 0 atom stereocenters. The van der Waals surface area contributed by atoms with E-state index < -0.39 is 0 Å². The number of benzene rings is 1. The van der Waals surface area contributed by atoms with Crippen molar-refractivity contribution in [3.63, 3.8) is 0 Å². The Bertz CT molecular complexity index is 745. The van der Waals surface area contributed by atoms with Crippen LogP contribution in [0.25, 0.3) is 0 Å². The van der Waals surface area contributed by atoms with Crippen molar-refractivity contribution in [3.8, 4) is 5.75 Å². The number of amides is 1. The minimum absolute atomic E-state index is 0.162. The van der Waals surface area contributed by atoms with Crippen molar-refractivity contribution in [1.29, 1.82) is 0 Å². The summed E-state index contributed by atoms with van der Waals surface area (Å²) in [6.07, 6.45) is 2.26. The van der Waals surface area contributed by atoms with Crippen LogP contribution < -0.4 is 15.0 Å². The number of carbonyl (C=O) groups excluding carboxylic acids is 1. The zero-order chi connectivity index (χ0) is 19.8. The summed E-state index contributed by atoms with van der Waals surface area (Å²) in [5, 5.41) is 12.4. The molecular weight excluding hydrogens is 394 g/mol. The highest BCUT2D eigenvalue weighted by molar-refractivity contribution is 8.01. The zero-order valence-corrected chi connectivity index (χ0v) is 18.0. The number of aromatic nitrogens is 2. The van der Waals surface area contributed by atoms with Crippen LogP contribution >= 0.6 is 23.1 Å². The van der Waals surface area contributed by atoms with Gasteiger partial charge < -0.3 is 19.9 Å². The van der Waals surface area contributed by atoms with E-state index in [0.717, 1.165) is 60.8 Å². The first-order valence-electron chi connectivity index (χ1n) is 9.56. The van der Waals surface area contributed by atoms with Gasteiger partial charge in [0.05, 0.1) is 12.9 Å². The van der Waals surface area contributed by atoms with Crippen LogP contribution in [-0.4, -0.2) is 66.6 Å². The number of unbranched alkanes of at least 4 members (excludes halogenated alkanes) is 1. The summed E-state index contributed by atoms with van der Waals surface area (Å²) in [5.74, 6) is 1.43. The monoisotopic (exact) mass is 421 g/mol. The SMILES string of the molecule is CCCCNc1nnc(SCC(=O)N2CCN(c3ccc(OC)cc3)CC2)s1. The maximum Gasteiger partial charge on any atom is 0.233 e. The summed E-state index contributed by atoms with van der Waals surface area (Å²) in [6, 6.07) is 8.06. The Hall–Kier alpha value is -2.00. The molecule has 3 rings (SSSR count). The van der Waals surface area contributed by atoms with Crippen molar-refractivity contribution < 1.29 is 9.53 Å². The second-order valence-corrected chi connectivity index (χ2v) is 8.71. The highest BCUT2D eigenvalue weighted by atomic mass is 32.2. The third-order valence-corrected chi connectivity index (χ3v) is 6.60. The molecule has 2 heterocycles. The van der Waals surface area contributed by atoms with Crippen molar-refractivity contribution in [2.75, 3.05) is 55.8 Å². The topological polar surface area (TPSA) is 70.6 Å². The van der Waals surface area contributed by atoms with Gasteiger partial charge in [-0.25, -0.2) is 0 Å². The standard InChI is InChI=1S/C19H27N5O2S2/c1-3-4-9-20-18-21-22-19(28-18)27-14-17(25)24-12-10-23(11-13-24)15-5-7-16(26-2)8-6-15/h5-8H,3-4,9-14H2,1-2H3,(H,20,21). The predicted octanol–water partition coefficient (Wildman–Crippen LogP) is 3.20. The Morgan fingerprint density at radius 1 is 1.21 bits per heavy atom. The summed E-state index contributed by atoms with van der Waals surface area (Å²) >= 11 is 2.98. The van der Waals surface area contributed by atoms with E-state index in [4.69, 9.17) is 4.74 Å². The minimum Gasteiger partial charge on any atom is -0.497 e. The highest BCUT2D eigenvalue weighted by Crippen LogP contribution is 2.26. The lowest BCUT2D eigenvalue weighted by atomic mass is 10.2. The van der Waals surface area contributed by atoms with Crippen molar-refractivity contribution in [3.05, 3.63) is 24.3 Å². The first-order valence-corrected chi connectivity index (χ1v) is 11.4. The number of hydrogen-bond donors (Lipinski definition) is 1. The number of nitrogens with one attached hydrogen (secondary N) is 1. The van der Waals surface area contributed by atoms with Crippen LogP contribution in [0.15, 0.2) is 28.6 Å². The molecule has 1 N–H and O–H groups in total. The van der Waals surface area contributed by atoms with Crippen molar-refractivity contribution in [2.24, 2.45) is 0 Å². The Morgan fingerprint density at radius 2 is 1.96 bits per heavy atom. The largest absolute Gasteiger partial charge is 0.497 e. The van der Waals surface area contributed by atoms with E-state index in [9.17, 15) is 4.79 Å². The van der Waals surface area contributed by atoms with Gasteiger partial charge in [0.25, 0.3) is 0 Å². The van der Waals surface area contributed by atoms with Crippen LogP contribution in [0.4, 0.5) is 10.8 Å². The lowest BCUT2D eigenvalue weighted by molar-refractivity contribution is -0.128. The molecule has 28 heavy (non-hydrogen) atoms. The molecule has 1 saturated heterocycles. The van der Waals surface area contributed by atoms with E-state index in [-0.39, 0.29) is 5.91 Å². The lowest BCUT2D eigenvalue weighted by Crippen LogP contribution is -2.49. The smallest absolute Gasteiger partial charge is 0.233 e. The average Bonchev–Trinajstić information content (AvgIpc) is 3.20. The third-order valence-electron chi connectivity index (χ3n) is 4.60. The second kappa shape index (κ2) is 10.5. The molecule has 2 aromatic rings. The minimum atomic E-state index is 0.162. The van der Waals surface area contributed by atoms with Crippen LogP contribution in [0.1, 0.15) is 19.8 Å². The van der Waals surface area contributed by atoms with Crippen LogP contribution in [0.5, 0.6) is 5.75 Å². The second-order valence-electron chi connectivity index (χ2n) is 6.51. The van der Waals surface area contributed by atoms with Crippen LogP contribution in [-0.2, 0) is 4.79 Å². The summed E-state index contributed by atoms with van der Waals surface area (Å²) in [7, 11) is 1.67. The molecule has 0 unspecified atom stereocenters. The molecule has 0 radical (unpaired) electrons. The summed E-state index contributed by atoms with van der Waals surface area (Å²) in [6.45, 7) is 6.23. The predicted molar refractivity (Wildman–Crippen MR) is 116 cm³/mol. The van der Waals surface area contributed by atoms with E-state index in [1.165, 1.54) is 28.8 Å². The first kappa shape index (κ1) is 20.7. The fraction of sp³-hybridized carbons (Fsp3) is 0.526. The van der Waals surface area contributed by atoms with Gasteiger partial charge in [0.2, 0.25) is 11.0 Å². The Morgan fingerprint density at radius 3 is 2.64 bits per heavy atom. The number of rotatable bonds is 9. The van der Waals surface area contributed by atoms with E-state index in [0.29, 0.717) is 5.75 Å². The number of piperazine rings is 1. The van der Waals surface area contributed by atoms with E-state index in [1.807, 2.05) is 17.0 Å². The molecule has 0 bridgehead atoms. The maximum atomic E-state index is 12.5. The molecule has 1 aliphatic rings. The van der Waals surface area contributed by atoms with Gasteiger partial charge in [-0.15, -0.1) is 10.2 Å². The molecule has 0 saturated carbocycles. The van der Waals surface area contributed by atoms with Gasteiger partial charge in [-0.05, 0) is 30.7 Å². The molecule has 1 aliphatic heterocycles. The molecule has 0 spiro atoms.